The van der Waals surface area contributed by atoms with Gasteiger partial charge in [-0.2, -0.15) is 0 Å². The first-order valence-corrected chi connectivity index (χ1v) is 7.87. The maximum absolute atomic E-state index is 12.3. The number of para-hydroxylation sites is 1. The zero-order chi connectivity index (χ0) is 17.3. The van der Waals surface area contributed by atoms with E-state index in [4.69, 9.17) is 4.74 Å². The topological polar surface area (TPSA) is 79.5 Å². The Balaban J connectivity index is 2.60. The molecule has 0 atom stereocenters. The molecule has 0 aromatic heterocycles. The van der Waals surface area contributed by atoms with Crippen LogP contribution in [-0.4, -0.2) is 37.2 Å². The predicted octanol–water partition coefficient (Wildman–Crippen LogP) is 2.76. The average Bonchev–Trinajstić information content (AvgIpc) is 2.45. The van der Waals surface area contributed by atoms with Gasteiger partial charge in [0.25, 0.3) is 5.91 Å². The number of carbonyl (C=O) groups excluding carboxylic acids is 2. The lowest BCUT2D eigenvalue weighted by molar-refractivity contribution is 0.0920. The molecule has 0 radical (unpaired) electrons. The van der Waals surface area contributed by atoms with Crippen molar-refractivity contribution in [3.05, 3.63) is 29.8 Å². The summed E-state index contributed by atoms with van der Waals surface area (Å²) < 4.78 is 5.21. The smallest absolute Gasteiger partial charge is 0.319 e. The summed E-state index contributed by atoms with van der Waals surface area (Å²) in [6.07, 6.45) is 0.743. The van der Waals surface area contributed by atoms with E-state index in [0.717, 1.165) is 6.42 Å². The molecular formula is C17H27N3O3. The molecule has 3 amide bonds. The van der Waals surface area contributed by atoms with Gasteiger partial charge in [-0.05, 0) is 46.2 Å². The minimum absolute atomic E-state index is 0.218. The molecule has 0 aliphatic rings. The van der Waals surface area contributed by atoms with Crippen molar-refractivity contribution in [3.8, 4) is 0 Å². The van der Waals surface area contributed by atoms with Crippen molar-refractivity contribution in [2.75, 3.05) is 25.1 Å². The first kappa shape index (κ1) is 19.0. The van der Waals surface area contributed by atoms with E-state index in [9.17, 15) is 9.59 Å². The fraction of sp³-hybridized carbons (Fsp3) is 0.529. The molecule has 0 bridgehead atoms. The highest BCUT2D eigenvalue weighted by atomic mass is 16.5. The van der Waals surface area contributed by atoms with Crippen LogP contribution in [0.25, 0.3) is 0 Å². The monoisotopic (exact) mass is 321 g/mol. The van der Waals surface area contributed by atoms with E-state index in [1.54, 1.807) is 24.3 Å². The van der Waals surface area contributed by atoms with E-state index in [0.29, 0.717) is 31.0 Å². The van der Waals surface area contributed by atoms with Crippen molar-refractivity contribution in [3.63, 3.8) is 0 Å². The summed E-state index contributed by atoms with van der Waals surface area (Å²) in [6.45, 7) is 9.45. The number of hydrogen-bond acceptors (Lipinski definition) is 3. The summed E-state index contributed by atoms with van der Waals surface area (Å²) in [6, 6.07) is 6.60. The third-order valence-corrected chi connectivity index (χ3v) is 2.86. The summed E-state index contributed by atoms with van der Waals surface area (Å²) in [5.74, 6) is -0.218. The molecule has 23 heavy (non-hydrogen) atoms. The lowest BCUT2D eigenvalue weighted by Gasteiger charge is -2.21. The number of benzene rings is 1. The van der Waals surface area contributed by atoms with Gasteiger partial charge in [-0.3, -0.25) is 4.79 Å². The molecule has 0 heterocycles. The van der Waals surface area contributed by atoms with Gasteiger partial charge in [0, 0.05) is 25.3 Å². The molecule has 0 fully saturated rings. The maximum atomic E-state index is 12.3. The quantitative estimate of drug-likeness (QED) is 0.676. The van der Waals surface area contributed by atoms with Crippen LogP contribution in [0.4, 0.5) is 10.5 Å². The third-order valence-electron chi connectivity index (χ3n) is 2.86. The molecule has 0 unspecified atom stereocenters. The van der Waals surface area contributed by atoms with Gasteiger partial charge in [0.15, 0.2) is 0 Å². The third kappa shape index (κ3) is 7.65. The Hall–Kier alpha value is -2.08. The Kier molecular flexibility index (Phi) is 7.54. The molecule has 0 saturated heterocycles. The molecule has 0 aliphatic carbocycles. The van der Waals surface area contributed by atoms with Crippen molar-refractivity contribution in [1.29, 1.82) is 0 Å². The highest BCUT2D eigenvalue weighted by Crippen LogP contribution is 2.16. The van der Waals surface area contributed by atoms with Gasteiger partial charge in [0.1, 0.15) is 0 Å². The standard InChI is InChI=1S/C17H27N3O3/c1-5-23-12-8-11-18-16(22)19-14-10-7-6-9-13(14)15(21)20-17(2,3)4/h6-7,9-10H,5,8,11-12H2,1-4H3,(H,20,21)(H2,18,19,22). The van der Waals surface area contributed by atoms with Crippen LogP contribution >= 0.6 is 0 Å². The summed E-state index contributed by atoms with van der Waals surface area (Å²) in [4.78, 5) is 24.2. The number of carbonyl (C=O) groups is 2. The van der Waals surface area contributed by atoms with Crippen molar-refractivity contribution < 1.29 is 14.3 Å². The molecule has 3 N–H and O–H groups in total. The zero-order valence-electron chi connectivity index (χ0n) is 14.4. The highest BCUT2D eigenvalue weighted by molar-refractivity contribution is 6.03. The summed E-state index contributed by atoms with van der Waals surface area (Å²) >= 11 is 0. The Morgan fingerprint density at radius 3 is 2.52 bits per heavy atom. The average molecular weight is 321 g/mol. The van der Waals surface area contributed by atoms with Crippen LogP contribution in [-0.2, 0) is 4.74 Å². The van der Waals surface area contributed by atoms with Gasteiger partial charge < -0.3 is 20.7 Å². The normalized spacial score (nSPS) is 11.0. The van der Waals surface area contributed by atoms with E-state index in [1.807, 2.05) is 27.7 Å². The second-order valence-corrected chi connectivity index (χ2v) is 6.18. The van der Waals surface area contributed by atoms with Crippen molar-refractivity contribution in [2.24, 2.45) is 0 Å². The van der Waals surface area contributed by atoms with E-state index < -0.39 is 0 Å². The summed E-state index contributed by atoms with van der Waals surface area (Å²) in [5, 5.41) is 8.35. The van der Waals surface area contributed by atoms with Crippen LogP contribution < -0.4 is 16.0 Å². The second-order valence-electron chi connectivity index (χ2n) is 6.18. The van der Waals surface area contributed by atoms with Gasteiger partial charge >= 0.3 is 6.03 Å². The fourth-order valence-electron chi connectivity index (χ4n) is 1.89. The molecule has 6 heteroatoms. The maximum Gasteiger partial charge on any atom is 0.319 e. The summed E-state index contributed by atoms with van der Waals surface area (Å²) in [5.41, 5.74) is 0.578. The number of nitrogens with one attached hydrogen (secondary N) is 3. The molecule has 128 valence electrons. The van der Waals surface area contributed by atoms with Crippen LogP contribution in [0.15, 0.2) is 24.3 Å². The van der Waals surface area contributed by atoms with Crippen molar-refractivity contribution >= 4 is 17.6 Å². The predicted molar refractivity (Wildman–Crippen MR) is 91.8 cm³/mol. The zero-order valence-corrected chi connectivity index (χ0v) is 14.4. The van der Waals surface area contributed by atoms with E-state index in [-0.39, 0.29) is 17.5 Å². The first-order chi connectivity index (χ1) is 10.8. The van der Waals surface area contributed by atoms with Crippen molar-refractivity contribution in [2.45, 2.75) is 39.7 Å². The molecule has 1 aromatic rings. The molecule has 1 aromatic carbocycles. The highest BCUT2D eigenvalue weighted by Gasteiger charge is 2.18. The number of rotatable bonds is 7. The van der Waals surface area contributed by atoms with Crippen LogP contribution in [0.2, 0.25) is 0 Å². The van der Waals surface area contributed by atoms with Crippen LogP contribution in [0.3, 0.4) is 0 Å². The number of hydrogen-bond donors (Lipinski definition) is 3. The lowest BCUT2D eigenvalue weighted by atomic mass is 10.1. The molecule has 0 aliphatic heterocycles. The fourth-order valence-corrected chi connectivity index (χ4v) is 1.89. The first-order valence-electron chi connectivity index (χ1n) is 7.87. The van der Waals surface area contributed by atoms with Crippen LogP contribution in [0.1, 0.15) is 44.5 Å². The molecule has 1 rings (SSSR count). The van der Waals surface area contributed by atoms with Crippen LogP contribution in [0, 0.1) is 0 Å². The van der Waals surface area contributed by atoms with Crippen LogP contribution in [0.5, 0.6) is 0 Å². The number of amides is 3. The number of anilines is 1. The Labute approximate surface area is 138 Å². The lowest BCUT2D eigenvalue weighted by Crippen LogP contribution is -2.41. The van der Waals surface area contributed by atoms with Gasteiger partial charge in [0.05, 0.1) is 11.3 Å². The Morgan fingerprint density at radius 2 is 1.87 bits per heavy atom. The number of ether oxygens (including phenoxy) is 1. The van der Waals surface area contributed by atoms with Gasteiger partial charge in [-0.1, -0.05) is 12.1 Å². The van der Waals surface area contributed by atoms with Gasteiger partial charge in [-0.15, -0.1) is 0 Å². The molecule has 6 nitrogen and oxygen atoms in total. The van der Waals surface area contributed by atoms with Gasteiger partial charge in [-0.25, -0.2) is 4.79 Å². The van der Waals surface area contributed by atoms with Crippen molar-refractivity contribution in [1.82, 2.24) is 10.6 Å². The second kappa shape index (κ2) is 9.15. The summed E-state index contributed by atoms with van der Waals surface area (Å²) in [7, 11) is 0. The Bertz CT molecular complexity index is 524. The molecular weight excluding hydrogens is 294 g/mol. The molecule has 0 saturated carbocycles. The minimum Gasteiger partial charge on any atom is -0.382 e. The van der Waals surface area contributed by atoms with Gasteiger partial charge in [0.2, 0.25) is 0 Å². The minimum atomic E-state index is -0.342. The number of urea groups is 1. The molecule has 0 spiro atoms. The SMILES string of the molecule is CCOCCCNC(=O)Nc1ccccc1C(=O)NC(C)(C)C. The van der Waals surface area contributed by atoms with E-state index >= 15 is 0 Å². The largest absolute Gasteiger partial charge is 0.382 e. The van der Waals surface area contributed by atoms with E-state index in [2.05, 4.69) is 16.0 Å². The Morgan fingerprint density at radius 1 is 1.17 bits per heavy atom. The van der Waals surface area contributed by atoms with E-state index in [1.165, 1.54) is 0 Å².